The van der Waals surface area contributed by atoms with Crippen LogP contribution in [0.15, 0.2) is 48.7 Å². The second-order valence-electron chi connectivity index (χ2n) is 8.15. The predicted octanol–water partition coefficient (Wildman–Crippen LogP) is 5.92. The Morgan fingerprint density at radius 2 is 1.76 bits per heavy atom. The van der Waals surface area contributed by atoms with Crippen molar-refractivity contribution in [2.24, 2.45) is 0 Å². The van der Waals surface area contributed by atoms with Gasteiger partial charge in [-0.3, -0.25) is 4.72 Å². The molecular weight excluding hydrogens is 535 g/mol. The summed E-state index contributed by atoms with van der Waals surface area (Å²) in [7, 11) is -3.44. The van der Waals surface area contributed by atoms with Crippen LogP contribution in [0.5, 0.6) is 11.5 Å². The fourth-order valence-corrected chi connectivity index (χ4v) is 4.17. The Bertz CT molecular complexity index is 1340. The largest absolute Gasteiger partial charge is 0.489 e. The molecule has 2 aromatic carbocycles. The molecule has 0 unspecified atom stereocenters. The number of rotatable bonds is 10. The summed E-state index contributed by atoms with van der Waals surface area (Å²) in [6.07, 6.45) is 2.50. The third-order valence-electron chi connectivity index (χ3n) is 5.15. The van der Waals surface area contributed by atoms with Crippen molar-refractivity contribution in [2.75, 3.05) is 23.5 Å². The molecule has 0 amide bonds. The van der Waals surface area contributed by atoms with Crippen molar-refractivity contribution in [1.82, 2.24) is 9.97 Å². The van der Waals surface area contributed by atoms with E-state index in [0.29, 0.717) is 27.9 Å². The van der Waals surface area contributed by atoms with Gasteiger partial charge in [0.15, 0.2) is 11.6 Å². The van der Waals surface area contributed by atoms with Crippen LogP contribution < -0.4 is 14.2 Å². The molecule has 0 saturated carbocycles. The first-order valence-electron chi connectivity index (χ1n) is 11.5. The van der Waals surface area contributed by atoms with Crippen LogP contribution in [0, 0.1) is 11.3 Å². The Kier molecular flexibility index (Phi) is 11.0. The van der Waals surface area contributed by atoms with Crippen molar-refractivity contribution >= 4 is 39.0 Å². The molecule has 0 radical (unpaired) electrons. The minimum Gasteiger partial charge on any atom is -0.489 e. The van der Waals surface area contributed by atoms with Crippen LogP contribution in [0.1, 0.15) is 50.2 Å². The molecule has 0 atom stereocenters. The molecule has 3 rings (SSSR count). The molecule has 1 aromatic heterocycles. The van der Waals surface area contributed by atoms with Gasteiger partial charge in [0.2, 0.25) is 10.0 Å². The number of benzene rings is 2. The second-order valence-corrected chi connectivity index (χ2v) is 10.7. The number of nitrogens with one attached hydrogen (secondary N) is 1. The summed E-state index contributed by atoms with van der Waals surface area (Å²) < 4.78 is 36.4. The van der Waals surface area contributed by atoms with Crippen LogP contribution in [-0.4, -0.2) is 37.1 Å². The maximum atomic E-state index is 11.4. The zero-order chi connectivity index (χ0) is 27.6. The van der Waals surface area contributed by atoms with E-state index in [0.717, 1.165) is 17.4 Å². The van der Waals surface area contributed by atoms with Gasteiger partial charge in [0.1, 0.15) is 30.9 Å². The molecule has 0 aliphatic carbocycles. The Balaban J connectivity index is 0.00000235. The summed E-state index contributed by atoms with van der Waals surface area (Å²) in [6, 6.07) is 14.7. The van der Waals surface area contributed by atoms with Crippen molar-refractivity contribution in [1.29, 1.82) is 5.26 Å². The summed E-state index contributed by atoms with van der Waals surface area (Å²) >= 11 is 12.1. The Morgan fingerprint density at radius 1 is 1.08 bits per heavy atom. The first kappa shape index (κ1) is 30.2. The molecule has 0 aliphatic heterocycles. The van der Waals surface area contributed by atoms with Crippen LogP contribution in [0.4, 0.5) is 5.82 Å². The summed E-state index contributed by atoms with van der Waals surface area (Å²) in [5.74, 6) is 1.72. The Hall–Kier alpha value is -3.06. The summed E-state index contributed by atoms with van der Waals surface area (Å²) in [4.78, 5) is 8.24. The number of nitriles is 1. The molecule has 198 valence electrons. The SMILES string of the molecule is CC.CC(C)(c1ccc(OCc2nccc(NS(C)(=O)=O)n2)cc1)c1cc(Cl)c(OCCCl)c(C#N)c1. The van der Waals surface area contributed by atoms with E-state index in [1.54, 1.807) is 12.1 Å². The molecule has 0 saturated heterocycles. The zero-order valence-corrected chi connectivity index (χ0v) is 23.7. The number of sulfonamides is 1. The number of hydrogen-bond donors (Lipinski definition) is 1. The summed E-state index contributed by atoms with van der Waals surface area (Å²) in [5, 5.41) is 9.93. The number of hydrogen-bond acceptors (Lipinski definition) is 7. The molecule has 8 nitrogen and oxygen atoms in total. The summed E-state index contributed by atoms with van der Waals surface area (Å²) in [6.45, 7) is 8.38. The van der Waals surface area contributed by atoms with Crippen LogP contribution in [0.3, 0.4) is 0 Å². The lowest BCUT2D eigenvalue weighted by Crippen LogP contribution is -2.19. The van der Waals surface area contributed by atoms with Gasteiger partial charge in [0.25, 0.3) is 0 Å². The van der Waals surface area contributed by atoms with E-state index >= 15 is 0 Å². The molecule has 37 heavy (non-hydrogen) atoms. The van der Waals surface area contributed by atoms with Crippen LogP contribution in [0.2, 0.25) is 5.02 Å². The number of alkyl halides is 1. The third-order valence-corrected chi connectivity index (χ3v) is 6.16. The highest BCUT2D eigenvalue weighted by molar-refractivity contribution is 7.92. The average molecular weight is 566 g/mol. The number of aromatic nitrogens is 2. The topological polar surface area (TPSA) is 114 Å². The van der Waals surface area contributed by atoms with Gasteiger partial charge in [0.05, 0.1) is 22.7 Å². The van der Waals surface area contributed by atoms with E-state index in [2.05, 4.69) is 20.8 Å². The fraction of sp³-hybridized carbons (Fsp3) is 0.346. The predicted molar refractivity (Wildman–Crippen MR) is 147 cm³/mol. The molecule has 3 aromatic rings. The van der Waals surface area contributed by atoms with Crippen molar-refractivity contribution in [3.05, 3.63) is 76.2 Å². The second kappa shape index (κ2) is 13.5. The lowest BCUT2D eigenvalue weighted by atomic mass is 9.77. The van der Waals surface area contributed by atoms with Gasteiger partial charge < -0.3 is 9.47 Å². The fourth-order valence-electron chi connectivity index (χ4n) is 3.32. The van der Waals surface area contributed by atoms with Crippen molar-refractivity contribution < 1.29 is 17.9 Å². The van der Waals surface area contributed by atoms with E-state index in [1.807, 2.05) is 52.0 Å². The van der Waals surface area contributed by atoms with Gasteiger partial charge in [-0.15, -0.1) is 11.6 Å². The normalized spacial score (nSPS) is 11.1. The third kappa shape index (κ3) is 8.49. The van der Waals surface area contributed by atoms with Gasteiger partial charge in [-0.2, -0.15) is 5.26 Å². The minimum atomic E-state index is -3.44. The van der Waals surface area contributed by atoms with E-state index < -0.39 is 15.4 Å². The number of anilines is 1. The molecule has 1 heterocycles. The summed E-state index contributed by atoms with van der Waals surface area (Å²) in [5.41, 5.74) is 1.72. The average Bonchev–Trinajstić information content (AvgIpc) is 2.87. The maximum Gasteiger partial charge on any atom is 0.230 e. The first-order chi connectivity index (χ1) is 17.5. The van der Waals surface area contributed by atoms with E-state index in [1.165, 1.54) is 12.3 Å². The van der Waals surface area contributed by atoms with E-state index in [9.17, 15) is 13.7 Å². The lowest BCUT2D eigenvalue weighted by Gasteiger charge is -2.27. The van der Waals surface area contributed by atoms with Gasteiger partial charge in [-0.1, -0.05) is 51.4 Å². The molecule has 11 heteroatoms. The molecule has 1 N–H and O–H groups in total. The lowest BCUT2D eigenvalue weighted by molar-refractivity contribution is 0.296. The van der Waals surface area contributed by atoms with Gasteiger partial charge in [-0.25, -0.2) is 18.4 Å². The first-order valence-corrected chi connectivity index (χ1v) is 14.3. The highest BCUT2D eigenvalue weighted by Crippen LogP contribution is 2.38. The van der Waals surface area contributed by atoms with Crippen molar-refractivity contribution in [3.63, 3.8) is 0 Å². The van der Waals surface area contributed by atoms with Crippen LogP contribution in [-0.2, 0) is 22.0 Å². The van der Waals surface area contributed by atoms with Crippen LogP contribution in [0.25, 0.3) is 0 Å². The monoisotopic (exact) mass is 564 g/mol. The zero-order valence-electron chi connectivity index (χ0n) is 21.4. The Morgan fingerprint density at radius 3 is 2.35 bits per heavy atom. The number of ether oxygens (including phenoxy) is 2. The Labute approximate surface area is 228 Å². The molecule has 0 fully saturated rings. The van der Waals surface area contributed by atoms with Crippen LogP contribution >= 0.6 is 23.2 Å². The maximum absolute atomic E-state index is 11.4. The number of nitrogens with zero attached hydrogens (tertiary/aromatic N) is 3. The molecule has 0 spiro atoms. The number of halogens is 2. The minimum absolute atomic E-state index is 0.0624. The standard InChI is InChI=1S/C24H24Cl2N4O4S.C2H6/c1-24(2,18-12-16(14-27)23(20(26)13-18)33-11-9-25)17-4-6-19(7-5-17)34-15-22-28-10-8-21(29-22)30-35(3,31)32;1-2/h4-8,10,12-13H,9,11,15H2,1-3H3,(H,28,29,30);1-2H3. The van der Waals surface area contributed by atoms with Gasteiger partial charge in [0, 0.05) is 11.6 Å². The molecule has 0 bridgehead atoms. The van der Waals surface area contributed by atoms with E-state index in [-0.39, 0.29) is 24.9 Å². The quantitative estimate of drug-likeness (QED) is 0.304. The van der Waals surface area contributed by atoms with Gasteiger partial charge >= 0.3 is 0 Å². The smallest absolute Gasteiger partial charge is 0.230 e. The molecule has 0 aliphatic rings. The van der Waals surface area contributed by atoms with Crippen molar-refractivity contribution in [3.8, 4) is 17.6 Å². The van der Waals surface area contributed by atoms with Gasteiger partial charge in [-0.05, 0) is 41.5 Å². The molecular formula is C26H30Cl2N4O4S. The van der Waals surface area contributed by atoms with E-state index in [4.69, 9.17) is 32.7 Å². The highest BCUT2D eigenvalue weighted by atomic mass is 35.5. The highest BCUT2D eigenvalue weighted by Gasteiger charge is 2.26. The van der Waals surface area contributed by atoms with Crippen molar-refractivity contribution in [2.45, 2.75) is 39.7 Å².